The third kappa shape index (κ3) is 6.15. The minimum Gasteiger partial charge on any atom is -0.378 e. The largest absolute Gasteiger partial charge is 0.378 e. The number of hydrogen-bond donors (Lipinski definition) is 2. The van der Waals surface area contributed by atoms with E-state index in [0.29, 0.717) is 12.1 Å². The fourth-order valence-corrected chi connectivity index (χ4v) is 2.22. The number of nitrogens with two attached hydrogens (primary N) is 1. The van der Waals surface area contributed by atoms with Crippen LogP contribution in [0.1, 0.15) is 25.3 Å². The average molecular weight is 287 g/mol. The minimum atomic E-state index is -4.02. The quantitative estimate of drug-likeness (QED) is 0.768. The molecule has 0 aromatic heterocycles. The van der Waals surface area contributed by atoms with E-state index in [2.05, 4.69) is 6.92 Å². The van der Waals surface area contributed by atoms with Gasteiger partial charge in [0.25, 0.3) is 10.1 Å². The Bertz CT molecular complexity index is 476. The van der Waals surface area contributed by atoms with Gasteiger partial charge in [0.1, 0.15) is 0 Å². The van der Waals surface area contributed by atoms with E-state index in [0.717, 1.165) is 25.0 Å². The van der Waals surface area contributed by atoms with E-state index < -0.39 is 10.1 Å². The fourth-order valence-electron chi connectivity index (χ4n) is 1.74. The molecule has 108 valence electrons. The smallest absolute Gasteiger partial charge is 0.294 e. The van der Waals surface area contributed by atoms with E-state index >= 15 is 0 Å². The van der Waals surface area contributed by atoms with Crippen LogP contribution in [-0.2, 0) is 14.9 Å². The predicted molar refractivity (Wildman–Crippen MR) is 73.6 cm³/mol. The second kappa shape index (κ2) is 7.00. The molecule has 1 aliphatic heterocycles. The zero-order chi connectivity index (χ0) is 14.5. The number of aryl methyl sites for hydroxylation is 1. The highest BCUT2D eigenvalue weighted by Gasteiger charge is 2.14. The molecular weight excluding hydrogens is 266 g/mol. The van der Waals surface area contributed by atoms with Crippen LogP contribution < -0.4 is 5.73 Å². The molecule has 1 aliphatic rings. The van der Waals surface area contributed by atoms with Crippen molar-refractivity contribution < 1.29 is 17.7 Å². The monoisotopic (exact) mass is 287 g/mol. The maximum absolute atomic E-state index is 10.5. The van der Waals surface area contributed by atoms with Gasteiger partial charge in [-0.3, -0.25) is 4.55 Å². The van der Waals surface area contributed by atoms with Gasteiger partial charge in [0.05, 0.1) is 11.0 Å². The molecule has 0 radical (unpaired) electrons. The molecule has 0 unspecified atom stereocenters. The number of hydrogen-bond acceptors (Lipinski definition) is 4. The average Bonchev–Trinajstić information content (AvgIpc) is 2.28. The first-order chi connectivity index (χ1) is 8.79. The molecule has 3 N–H and O–H groups in total. The molecule has 0 spiro atoms. The molecule has 6 heteroatoms. The van der Waals surface area contributed by atoms with E-state index in [1.54, 1.807) is 12.1 Å². The summed E-state index contributed by atoms with van der Waals surface area (Å²) < 4.78 is 34.8. The number of ether oxygens (including phenoxy) is 1. The standard InChI is InChI=1S/C7H8O3S.C6H13NO/c1-6-2-4-7(5-3-6)11(8,9)10;1-5-4-6(7)2-3-8-5/h2-5H,1H3,(H,8,9,10);5-6H,2-4,7H2,1H3/t;5-,6+/m.0/s1. The van der Waals surface area contributed by atoms with Gasteiger partial charge >= 0.3 is 0 Å². The van der Waals surface area contributed by atoms with Gasteiger partial charge in [-0.25, -0.2) is 0 Å². The summed E-state index contributed by atoms with van der Waals surface area (Å²) in [5.41, 5.74) is 6.60. The molecule has 2 atom stereocenters. The summed E-state index contributed by atoms with van der Waals surface area (Å²) in [7, 11) is -4.02. The predicted octanol–water partition coefficient (Wildman–Crippen LogP) is 1.75. The molecule has 1 aromatic carbocycles. The van der Waals surface area contributed by atoms with Gasteiger partial charge in [-0.2, -0.15) is 8.42 Å². The lowest BCUT2D eigenvalue weighted by atomic mass is 10.1. The van der Waals surface area contributed by atoms with Gasteiger partial charge in [-0.15, -0.1) is 0 Å². The molecule has 1 aromatic rings. The zero-order valence-electron chi connectivity index (χ0n) is 11.2. The van der Waals surface area contributed by atoms with E-state index in [1.807, 2.05) is 6.92 Å². The van der Waals surface area contributed by atoms with Crippen LogP contribution in [0.4, 0.5) is 0 Å². The van der Waals surface area contributed by atoms with Crippen molar-refractivity contribution in [2.75, 3.05) is 6.61 Å². The molecule has 2 rings (SSSR count). The lowest BCUT2D eigenvalue weighted by molar-refractivity contribution is 0.0200. The third-order valence-electron chi connectivity index (χ3n) is 2.84. The van der Waals surface area contributed by atoms with Crippen molar-refractivity contribution in [3.8, 4) is 0 Å². The van der Waals surface area contributed by atoms with Gasteiger partial charge in [0.2, 0.25) is 0 Å². The van der Waals surface area contributed by atoms with Crippen LogP contribution in [-0.4, -0.2) is 31.7 Å². The summed E-state index contributed by atoms with van der Waals surface area (Å²) in [6, 6.07) is 6.38. The van der Waals surface area contributed by atoms with Gasteiger partial charge in [0, 0.05) is 12.6 Å². The lowest BCUT2D eigenvalue weighted by Gasteiger charge is -2.23. The van der Waals surface area contributed by atoms with Crippen LogP contribution in [0.5, 0.6) is 0 Å². The molecule has 1 saturated heterocycles. The van der Waals surface area contributed by atoms with Crippen LogP contribution in [0.15, 0.2) is 29.2 Å². The summed E-state index contributed by atoms with van der Waals surface area (Å²) >= 11 is 0. The van der Waals surface area contributed by atoms with Crippen molar-refractivity contribution in [3.63, 3.8) is 0 Å². The first-order valence-corrected chi connectivity index (χ1v) is 7.64. The fraction of sp³-hybridized carbons (Fsp3) is 0.538. The summed E-state index contributed by atoms with van der Waals surface area (Å²) in [5.74, 6) is 0. The van der Waals surface area contributed by atoms with Gasteiger partial charge in [-0.1, -0.05) is 17.7 Å². The second-order valence-corrected chi connectivity index (χ2v) is 6.18. The van der Waals surface area contributed by atoms with Gasteiger partial charge in [-0.05, 0) is 38.8 Å². The molecule has 1 heterocycles. The van der Waals surface area contributed by atoms with Crippen molar-refractivity contribution in [1.29, 1.82) is 0 Å². The summed E-state index contributed by atoms with van der Waals surface area (Å²) in [5, 5.41) is 0. The Morgan fingerprint density at radius 1 is 1.32 bits per heavy atom. The topological polar surface area (TPSA) is 89.6 Å². The van der Waals surface area contributed by atoms with Crippen LogP contribution in [0.2, 0.25) is 0 Å². The van der Waals surface area contributed by atoms with E-state index in [-0.39, 0.29) is 4.90 Å². The number of benzene rings is 1. The molecule has 0 bridgehead atoms. The molecule has 1 fully saturated rings. The Morgan fingerprint density at radius 2 is 1.89 bits per heavy atom. The Labute approximate surface area is 114 Å². The summed E-state index contributed by atoms with van der Waals surface area (Å²) in [4.78, 5) is -0.0666. The van der Waals surface area contributed by atoms with E-state index in [9.17, 15) is 8.42 Å². The molecule has 0 amide bonds. The summed E-state index contributed by atoms with van der Waals surface area (Å²) in [6.45, 7) is 4.76. The Balaban J connectivity index is 0.000000200. The minimum absolute atomic E-state index is 0.0666. The molecule has 0 saturated carbocycles. The lowest BCUT2D eigenvalue weighted by Crippen LogP contribution is -2.32. The van der Waals surface area contributed by atoms with E-state index in [1.165, 1.54) is 12.1 Å². The highest BCUT2D eigenvalue weighted by atomic mass is 32.2. The van der Waals surface area contributed by atoms with Gasteiger partial charge in [0.15, 0.2) is 0 Å². The van der Waals surface area contributed by atoms with Crippen LogP contribution in [0.3, 0.4) is 0 Å². The van der Waals surface area contributed by atoms with Crippen molar-refractivity contribution in [2.24, 2.45) is 5.73 Å². The maximum atomic E-state index is 10.5. The SMILES string of the molecule is C[C@H]1C[C@H](N)CCO1.Cc1ccc(S(=O)(=O)O)cc1. The van der Waals surface area contributed by atoms with Crippen molar-refractivity contribution in [3.05, 3.63) is 29.8 Å². The second-order valence-electron chi connectivity index (χ2n) is 4.75. The Hall–Kier alpha value is -0.950. The first kappa shape index (κ1) is 16.1. The van der Waals surface area contributed by atoms with Crippen molar-refractivity contribution in [1.82, 2.24) is 0 Å². The van der Waals surface area contributed by atoms with Crippen LogP contribution in [0, 0.1) is 6.92 Å². The summed E-state index contributed by atoms with van der Waals surface area (Å²) in [6.07, 6.45) is 2.45. The molecular formula is C13H21NO4S. The van der Waals surface area contributed by atoms with E-state index in [4.69, 9.17) is 15.0 Å². The van der Waals surface area contributed by atoms with Crippen LogP contribution >= 0.6 is 0 Å². The zero-order valence-corrected chi connectivity index (χ0v) is 12.1. The first-order valence-electron chi connectivity index (χ1n) is 6.20. The normalized spacial score (nSPS) is 23.4. The Morgan fingerprint density at radius 3 is 2.26 bits per heavy atom. The molecule has 5 nitrogen and oxygen atoms in total. The maximum Gasteiger partial charge on any atom is 0.294 e. The molecule has 19 heavy (non-hydrogen) atoms. The van der Waals surface area contributed by atoms with Crippen molar-refractivity contribution >= 4 is 10.1 Å². The van der Waals surface area contributed by atoms with Crippen molar-refractivity contribution in [2.45, 2.75) is 43.7 Å². The van der Waals surface area contributed by atoms with Crippen LogP contribution in [0.25, 0.3) is 0 Å². The molecule has 0 aliphatic carbocycles. The highest BCUT2D eigenvalue weighted by Crippen LogP contribution is 2.10. The van der Waals surface area contributed by atoms with Gasteiger partial charge < -0.3 is 10.5 Å². The number of rotatable bonds is 1. The third-order valence-corrected chi connectivity index (χ3v) is 3.71. The highest BCUT2D eigenvalue weighted by molar-refractivity contribution is 7.85. The Kier molecular flexibility index (Phi) is 5.93.